The summed E-state index contributed by atoms with van der Waals surface area (Å²) in [5.41, 5.74) is 1.69. The van der Waals surface area contributed by atoms with E-state index < -0.39 is 0 Å². The van der Waals surface area contributed by atoms with Crippen molar-refractivity contribution in [3.63, 3.8) is 0 Å². The molecule has 0 aliphatic carbocycles. The van der Waals surface area contributed by atoms with Gasteiger partial charge in [-0.2, -0.15) is 0 Å². The van der Waals surface area contributed by atoms with E-state index in [1.807, 2.05) is 0 Å². The molecule has 0 N–H and O–H groups in total. The maximum atomic E-state index is 4.69. The van der Waals surface area contributed by atoms with E-state index in [0.717, 1.165) is 5.92 Å². The summed E-state index contributed by atoms with van der Waals surface area (Å²) in [5, 5.41) is 0. The normalized spacial score (nSPS) is 34.9. The van der Waals surface area contributed by atoms with Crippen LogP contribution < -0.4 is 0 Å². The lowest BCUT2D eigenvalue weighted by Gasteiger charge is -2.31. The number of fused-ring (bicyclic) bond motifs is 1. The third-order valence-electron chi connectivity index (χ3n) is 3.30. The number of hydrogen-bond donors (Lipinski definition) is 0. The highest BCUT2D eigenvalue weighted by Crippen LogP contribution is 2.32. The third kappa shape index (κ3) is 1.64. The van der Waals surface area contributed by atoms with Crippen LogP contribution in [0.15, 0.2) is 4.99 Å². The molecule has 2 rings (SSSR count). The molecule has 0 bridgehead atoms. The first-order valence-corrected chi connectivity index (χ1v) is 5.25. The highest BCUT2D eigenvalue weighted by Gasteiger charge is 2.40. The van der Waals surface area contributed by atoms with Gasteiger partial charge >= 0.3 is 0 Å². The minimum atomic E-state index is 0.327. The Labute approximate surface area is 81.0 Å². The zero-order chi connectivity index (χ0) is 9.64. The van der Waals surface area contributed by atoms with E-state index in [-0.39, 0.29) is 0 Å². The van der Waals surface area contributed by atoms with Crippen LogP contribution in [-0.2, 0) is 0 Å². The van der Waals surface area contributed by atoms with Crippen molar-refractivity contribution in [2.45, 2.75) is 45.7 Å². The second kappa shape index (κ2) is 2.81. The predicted octanol–water partition coefficient (Wildman–Crippen LogP) is 1.95. The number of hydrogen-bond acceptors (Lipinski definition) is 2. The molecule has 2 unspecified atom stereocenters. The van der Waals surface area contributed by atoms with Crippen molar-refractivity contribution in [3.05, 3.63) is 0 Å². The summed E-state index contributed by atoms with van der Waals surface area (Å²) in [7, 11) is 0. The van der Waals surface area contributed by atoms with E-state index in [4.69, 9.17) is 0 Å². The molecule has 2 nitrogen and oxygen atoms in total. The Morgan fingerprint density at radius 3 is 2.54 bits per heavy atom. The first-order chi connectivity index (χ1) is 5.97. The van der Waals surface area contributed by atoms with Crippen molar-refractivity contribution in [1.29, 1.82) is 0 Å². The average molecular weight is 180 g/mol. The van der Waals surface area contributed by atoms with Crippen molar-refractivity contribution in [2.24, 2.45) is 10.9 Å². The van der Waals surface area contributed by atoms with Gasteiger partial charge in [-0.25, -0.2) is 0 Å². The van der Waals surface area contributed by atoms with Crippen LogP contribution in [0.5, 0.6) is 0 Å². The summed E-state index contributed by atoms with van der Waals surface area (Å²) in [6, 6.07) is 0.610. The monoisotopic (exact) mass is 180 g/mol. The van der Waals surface area contributed by atoms with Gasteiger partial charge in [0.25, 0.3) is 0 Å². The maximum Gasteiger partial charge on any atom is 0.0669 e. The van der Waals surface area contributed by atoms with Crippen LogP contribution in [0.2, 0.25) is 0 Å². The second-order valence-electron chi connectivity index (χ2n) is 5.47. The van der Waals surface area contributed by atoms with Crippen molar-refractivity contribution in [2.75, 3.05) is 13.1 Å². The first kappa shape index (κ1) is 9.20. The SMILES string of the molecule is CC1=NC2CN(C(C)(C)C)CC2C1. The molecule has 74 valence electrons. The molecule has 1 fully saturated rings. The van der Waals surface area contributed by atoms with E-state index in [9.17, 15) is 0 Å². The Balaban J connectivity index is 2.04. The standard InChI is InChI=1S/C11H20N2/c1-8-5-9-6-13(11(2,3)4)7-10(9)12-8/h9-10H,5-7H2,1-4H3. The summed E-state index contributed by atoms with van der Waals surface area (Å²) < 4.78 is 0. The minimum Gasteiger partial charge on any atom is -0.296 e. The van der Waals surface area contributed by atoms with Crippen LogP contribution in [-0.4, -0.2) is 35.3 Å². The van der Waals surface area contributed by atoms with Gasteiger partial charge in [0.1, 0.15) is 0 Å². The molecule has 0 aromatic heterocycles. The molecule has 13 heavy (non-hydrogen) atoms. The van der Waals surface area contributed by atoms with Crippen LogP contribution in [0.1, 0.15) is 34.1 Å². The van der Waals surface area contributed by atoms with Gasteiger partial charge in [-0.1, -0.05) is 0 Å². The Kier molecular flexibility index (Phi) is 1.99. The van der Waals surface area contributed by atoms with Gasteiger partial charge in [0.2, 0.25) is 0 Å². The average Bonchev–Trinajstić information content (AvgIpc) is 2.40. The minimum absolute atomic E-state index is 0.327. The fourth-order valence-corrected chi connectivity index (χ4v) is 2.46. The van der Waals surface area contributed by atoms with E-state index >= 15 is 0 Å². The molecule has 0 saturated carbocycles. The Morgan fingerprint density at radius 2 is 2.00 bits per heavy atom. The Hall–Kier alpha value is -0.370. The number of rotatable bonds is 0. The Morgan fingerprint density at radius 1 is 1.31 bits per heavy atom. The Bertz CT molecular complexity index is 237. The van der Waals surface area contributed by atoms with Gasteiger partial charge in [-0.15, -0.1) is 0 Å². The molecule has 2 aliphatic rings. The molecule has 0 radical (unpaired) electrons. The molecule has 1 saturated heterocycles. The zero-order valence-corrected chi connectivity index (χ0v) is 9.17. The van der Waals surface area contributed by atoms with Gasteiger partial charge in [0.15, 0.2) is 0 Å². The van der Waals surface area contributed by atoms with Gasteiger partial charge in [-0.05, 0) is 34.1 Å². The van der Waals surface area contributed by atoms with Crippen molar-refractivity contribution < 1.29 is 0 Å². The summed E-state index contributed by atoms with van der Waals surface area (Å²) in [5.74, 6) is 0.819. The fourth-order valence-electron chi connectivity index (χ4n) is 2.46. The highest BCUT2D eigenvalue weighted by molar-refractivity contribution is 5.84. The smallest absolute Gasteiger partial charge is 0.0669 e. The van der Waals surface area contributed by atoms with Crippen molar-refractivity contribution in [1.82, 2.24) is 4.90 Å². The van der Waals surface area contributed by atoms with Crippen LogP contribution in [0.3, 0.4) is 0 Å². The molecule has 2 atom stereocenters. The molecular weight excluding hydrogens is 160 g/mol. The summed E-state index contributed by atoms with van der Waals surface area (Å²) >= 11 is 0. The van der Waals surface area contributed by atoms with Crippen molar-refractivity contribution >= 4 is 5.71 Å². The molecule has 2 heterocycles. The molecule has 0 aromatic carbocycles. The van der Waals surface area contributed by atoms with Crippen LogP contribution in [0.25, 0.3) is 0 Å². The lowest BCUT2D eigenvalue weighted by atomic mass is 10.0. The number of aliphatic imine (C=N–C) groups is 1. The molecule has 0 spiro atoms. The molecule has 2 heteroatoms. The van der Waals surface area contributed by atoms with Gasteiger partial charge < -0.3 is 0 Å². The van der Waals surface area contributed by atoms with Gasteiger partial charge in [0.05, 0.1) is 6.04 Å². The van der Waals surface area contributed by atoms with E-state index in [0.29, 0.717) is 11.6 Å². The first-order valence-electron chi connectivity index (χ1n) is 5.25. The van der Waals surface area contributed by atoms with Crippen LogP contribution >= 0.6 is 0 Å². The molecule has 0 amide bonds. The highest BCUT2D eigenvalue weighted by atomic mass is 15.2. The zero-order valence-electron chi connectivity index (χ0n) is 9.17. The maximum absolute atomic E-state index is 4.69. The summed E-state index contributed by atoms with van der Waals surface area (Å²) in [6.07, 6.45) is 1.23. The largest absolute Gasteiger partial charge is 0.296 e. The lowest BCUT2D eigenvalue weighted by Crippen LogP contribution is -2.40. The predicted molar refractivity (Wildman–Crippen MR) is 56.3 cm³/mol. The van der Waals surface area contributed by atoms with E-state index in [2.05, 4.69) is 37.6 Å². The topological polar surface area (TPSA) is 15.6 Å². The van der Waals surface area contributed by atoms with E-state index in [1.165, 1.54) is 25.2 Å². The lowest BCUT2D eigenvalue weighted by molar-refractivity contribution is 0.167. The van der Waals surface area contributed by atoms with Gasteiger partial charge in [-0.3, -0.25) is 9.89 Å². The van der Waals surface area contributed by atoms with Crippen LogP contribution in [0, 0.1) is 5.92 Å². The molecule has 2 aliphatic heterocycles. The summed E-state index contributed by atoms with van der Waals surface area (Å²) in [4.78, 5) is 7.26. The fraction of sp³-hybridized carbons (Fsp3) is 0.909. The quantitative estimate of drug-likeness (QED) is 0.556. The molecular formula is C11H20N2. The van der Waals surface area contributed by atoms with E-state index in [1.54, 1.807) is 0 Å². The number of likely N-dealkylation sites (tertiary alicyclic amines) is 1. The second-order valence-corrected chi connectivity index (χ2v) is 5.47. The summed E-state index contributed by atoms with van der Waals surface area (Å²) in [6.45, 7) is 11.5. The van der Waals surface area contributed by atoms with Crippen molar-refractivity contribution in [3.8, 4) is 0 Å². The third-order valence-corrected chi connectivity index (χ3v) is 3.30. The van der Waals surface area contributed by atoms with Crippen LogP contribution in [0.4, 0.5) is 0 Å². The molecule has 0 aromatic rings. The number of nitrogens with zero attached hydrogens (tertiary/aromatic N) is 2. The van der Waals surface area contributed by atoms with Gasteiger partial charge in [0, 0.05) is 30.3 Å².